The van der Waals surface area contributed by atoms with Crippen molar-refractivity contribution in [3.63, 3.8) is 0 Å². The number of nitrogens with zero attached hydrogens (tertiary/aromatic N) is 5. The summed E-state index contributed by atoms with van der Waals surface area (Å²) in [6.07, 6.45) is 0.426. The molecule has 1 atom stereocenters. The van der Waals surface area contributed by atoms with Gasteiger partial charge in [0, 0.05) is 36.3 Å². The number of aromatic nitrogens is 4. The molecule has 41 heavy (non-hydrogen) atoms. The summed E-state index contributed by atoms with van der Waals surface area (Å²) in [5.41, 5.74) is 1.31. The molecule has 2 amide bonds. The summed E-state index contributed by atoms with van der Waals surface area (Å²) in [6.45, 7) is 4.93. The lowest BCUT2D eigenvalue weighted by molar-refractivity contribution is -0.137. The van der Waals surface area contributed by atoms with Gasteiger partial charge in [0.15, 0.2) is 0 Å². The molecule has 3 aromatic heterocycles. The number of halogens is 3. The molecule has 1 saturated heterocycles. The standard InChI is InChI=1S/C29H25F3N6O3/c1-3-5-24(39)37-13-11-20(17-37)27-36-26(22-15-33-16-25(38(22)27)41-4-2)18-6-8-19(9-7-18)28(40)35-23-14-21(10-12-34-23)29(30,31)32/h6-10,12,14-16,20H,4,11,13,17H2,1-2H3,(H,34,35,40). The van der Waals surface area contributed by atoms with Crippen LogP contribution in [0.2, 0.25) is 0 Å². The molecule has 0 aliphatic carbocycles. The van der Waals surface area contributed by atoms with Gasteiger partial charge in [-0.15, -0.1) is 0 Å². The van der Waals surface area contributed by atoms with Gasteiger partial charge in [-0.05, 0) is 50.5 Å². The molecule has 9 nitrogen and oxygen atoms in total. The average Bonchev–Trinajstić information content (AvgIpc) is 3.59. The van der Waals surface area contributed by atoms with Crippen LogP contribution >= 0.6 is 0 Å². The molecule has 5 rings (SSSR count). The van der Waals surface area contributed by atoms with E-state index < -0.39 is 17.6 Å². The Bertz CT molecular complexity index is 1670. The molecule has 0 bridgehead atoms. The van der Waals surface area contributed by atoms with E-state index in [0.29, 0.717) is 48.8 Å². The van der Waals surface area contributed by atoms with Gasteiger partial charge >= 0.3 is 6.18 Å². The molecule has 1 aliphatic heterocycles. The minimum absolute atomic E-state index is 0.0644. The molecule has 0 saturated carbocycles. The van der Waals surface area contributed by atoms with E-state index in [2.05, 4.69) is 27.1 Å². The fourth-order valence-corrected chi connectivity index (χ4v) is 4.75. The number of hydrogen-bond acceptors (Lipinski definition) is 6. The van der Waals surface area contributed by atoms with Crippen molar-refractivity contribution in [2.75, 3.05) is 25.0 Å². The normalized spacial score (nSPS) is 15.0. The lowest BCUT2D eigenvalue weighted by atomic mass is 10.1. The molecule has 0 spiro atoms. The van der Waals surface area contributed by atoms with Crippen LogP contribution in [0.1, 0.15) is 47.9 Å². The Kier molecular flexibility index (Phi) is 7.61. The number of hydrogen-bond donors (Lipinski definition) is 1. The first-order valence-corrected chi connectivity index (χ1v) is 12.9. The third-order valence-electron chi connectivity index (χ3n) is 6.66. The molecule has 0 radical (unpaired) electrons. The van der Waals surface area contributed by atoms with Crippen molar-refractivity contribution in [2.45, 2.75) is 32.4 Å². The van der Waals surface area contributed by atoms with Gasteiger partial charge in [-0.3, -0.25) is 19.0 Å². The monoisotopic (exact) mass is 562 g/mol. The predicted octanol–water partition coefficient (Wildman–Crippen LogP) is 4.80. The number of benzene rings is 1. The van der Waals surface area contributed by atoms with Crippen molar-refractivity contribution in [2.24, 2.45) is 0 Å². The van der Waals surface area contributed by atoms with E-state index in [1.165, 1.54) is 0 Å². The van der Waals surface area contributed by atoms with Crippen LogP contribution in [0.15, 0.2) is 55.0 Å². The van der Waals surface area contributed by atoms with Crippen molar-refractivity contribution in [1.82, 2.24) is 24.3 Å². The molecule has 4 aromatic rings. The summed E-state index contributed by atoms with van der Waals surface area (Å²) in [4.78, 5) is 39.9. The highest BCUT2D eigenvalue weighted by Crippen LogP contribution is 2.35. The smallest absolute Gasteiger partial charge is 0.416 e. The lowest BCUT2D eigenvalue weighted by Gasteiger charge is -2.14. The molecule has 1 aromatic carbocycles. The van der Waals surface area contributed by atoms with Crippen LogP contribution in [0.25, 0.3) is 16.8 Å². The van der Waals surface area contributed by atoms with Crippen LogP contribution < -0.4 is 10.1 Å². The van der Waals surface area contributed by atoms with Crippen LogP contribution in [0.4, 0.5) is 19.0 Å². The Morgan fingerprint density at radius 1 is 1.17 bits per heavy atom. The van der Waals surface area contributed by atoms with Gasteiger partial charge in [-0.1, -0.05) is 18.1 Å². The fourth-order valence-electron chi connectivity index (χ4n) is 4.75. The number of likely N-dealkylation sites (tertiary alicyclic amines) is 1. The Morgan fingerprint density at radius 2 is 1.95 bits per heavy atom. The summed E-state index contributed by atoms with van der Waals surface area (Å²) in [5.74, 6) is 5.37. The second kappa shape index (κ2) is 11.3. The van der Waals surface area contributed by atoms with Crippen LogP contribution in [-0.4, -0.2) is 55.8 Å². The molecule has 1 aliphatic rings. The summed E-state index contributed by atoms with van der Waals surface area (Å²) in [7, 11) is 0. The third-order valence-corrected chi connectivity index (χ3v) is 6.66. The van der Waals surface area contributed by atoms with E-state index in [1.54, 1.807) is 48.5 Å². The third kappa shape index (κ3) is 5.70. The van der Waals surface area contributed by atoms with Gasteiger partial charge in [0.1, 0.15) is 11.6 Å². The second-order valence-corrected chi connectivity index (χ2v) is 9.29. The van der Waals surface area contributed by atoms with E-state index in [4.69, 9.17) is 9.72 Å². The van der Waals surface area contributed by atoms with Crippen LogP contribution in [0.5, 0.6) is 5.88 Å². The number of rotatable bonds is 6. The zero-order chi connectivity index (χ0) is 29.1. The van der Waals surface area contributed by atoms with E-state index in [1.807, 2.05) is 11.3 Å². The van der Waals surface area contributed by atoms with Gasteiger partial charge in [-0.25, -0.2) is 9.97 Å². The first-order valence-electron chi connectivity index (χ1n) is 12.9. The number of carbonyl (C=O) groups excluding carboxylic acids is 2. The van der Waals surface area contributed by atoms with Gasteiger partial charge in [0.05, 0.1) is 35.8 Å². The molecule has 210 valence electrons. The van der Waals surface area contributed by atoms with E-state index in [0.717, 1.165) is 24.2 Å². The molecular formula is C29H25F3N6O3. The number of alkyl halides is 3. The number of pyridine rings is 1. The minimum atomic E-state index is -4.55. The summed E-state index contributed by atoms with van der Waals surface area (Å²) in [5, 5.41) is 2.41. The van der Waals surface area contributed by atoms with Crippen LogP contribution in [0, 0.1) is 11.8 Å². The van der Waals surface area contributed by atoms with Crippen molar-refractivity contribution in [1.29, 1.82) is 0 Å². The Balaban J connectivity index is 1.45. The molecular weight excluding hydrogens is 537 g/mol. The Labute approximate surface area is 233 Å². The highest BCUT2D eigenvalue weighted by Gasteiger charge is 2.32. The largest absolute Gasteiger partial charge is 0.478 e. The van der Waals surface area contributed by atoms with Gasteiger partial charge in [0.25, 0.3) is 11.8 Å². The summed E-state index contributed by atoms with van der Waals surface area (Å²) < 4.78 is 46.8. The number of ether oxygens (including phenoxy) is 1. The second-order valence-electron chi connectivity index (χ2n) is 9.29. The zero-order valence-electron chi connectivity index (χ0n) is 22.2. The number of amides is 2. The molecule has 1 fully saturated rings. The zero-order valence-corrected chi connectivity index (χ0v) is 22.2. The van der Waals surface area contributed by atoms with Gasteiger partial charge in [-0.2, -0.15) is 13.2 Å². The van der Waals surface area contributed by atoms with E-state index >= 15 is 0 Å². The SMILES string of the molecule is CC#CC(=O)N1CCC(c2nc(-c3ccc(C(=O)Nc4cc(C(F)(F)F)ccn4)cc3)c3cncc(OCC)n23)C1. The average molecular weight is 563 g/mol. The van der Waals surface area contributed by atoms with Crippen molar-refractivity contribution < 1.29 is 27.5 Å². The van der Waals surface area contributed by atoms with Crippen LogP contribution in [-0.2, 0) is 11.0 Å². The number of nitrogens with one attached hydrogen (secondary N) is 1. The highest BCUT2D eigenvalue weighted by atomic mass is 19.4. The number of anilines is 1. The maximum atomic E-state index is 13.0. The number of imidazole rings is 1. The highest BCUT2D eigenvalue weighted by molar-refractivity contribution is 6.04. The Hall–Kier alpha value is -4.92. The maximum absolute atomic E-state index is 13.0. The van der Waals surface area contributed by atoms with Crippen molar-refractivity contribution in [3.8, 4) is 29.0 Å². The summed E-state index contributed by atoms with van der Waals surface area (Å²) >= 11 is 0. The molecule has 1 N–H and O–H groups in total. The van der Waals surface area contributed by atoms with Crippen molar-refractivity contribution >= 4 is 23.1 Å². The molecule has 12 heteroatoms. The minimum Gasteiger partial charge on any atom is -0.478 e. The van der Waals surface area contributed by atoms with Gasteiger partial charge in [0.2, 0.25) is 5.88 Å². The quantitative estimate of drug-likeness (QED) is 0.339. The topological polar surface area (TPSA) is 102 Å². The predicted molar refractivity (Wildman–Crippen MR) is 144 cm³/mol. The fraction of sp³-hybridized carbons (Fsp3) is 0.276. The maximum Gasteiger partial charge on any atom is 0.416 e. The first-order chi connectivity index (χ1) is 19.7. The number of fused-ring (bicyclic) bond motifs is 1. The van der Waals surface area contributed by atoms with Crippen molar-refractivity contribution in [3.05, 3.63) is 71.9 Å². The summed E-state index contributed by atoms with van der Waals surface area (Å²) in [6, 6.07) is 8.13. The first kappa shape index (κ1) is 27.6. The lowest BCUT2D eigenvalue weighted by Crippen LogP contribution is -2.27. The van der Waals surface area contributed by atoms with Gasteiger partial charge < -0.3 is 15.0 Å². The molecule has 4 heterocycles. The molecule has 1 unspecified atom stereocenters. The van der Waals surface area contributed by atoms with E-state index in [-0.39, 0.29) is 23.2 Å². The Morgan fingerprint density at radius 3 is 2.66 bits per heavy atom. The van der Waals surface area contributed by atoms with Crippen LogP contribution in [0.3, 0.4) is 0 Å². The number of carbonyl (C=O) groups is 2. The van der Waals surface area contributed by atoms with E-state index in [9.17, 15) is 22.8 Å².